The molecule has 0 aliphatic carbocycles. The molecule has 158 valence electrons. The standard InChI is InChI=1S/C22H24N2O6/c1-4-14(2)17-7-5-6-8-19(17)30-22(26)15-11-21(25)23(13-15)18-10-9-16(24(27)28)12-20(18)29-3/h5-10,12,14-15H,4,11,13H2,1-3H3/t14-,15-/m1/s1. The first-order valence-corrected chi connectivity index (χ1v) is 9.79. The Labute approximate surface area is 174 Å². The molecule has 1 amide bonds. The summed E-state index contributed by atoms with van der Waals surface area (Å²) in [6.45, 7) is 4.25. The number of anilines is 1. The van der Waals surface area contributed by atoms with Gasteiger partial charge in [0.05, 0.1) is 29.7 Å². The fourth-order valence-corrected chi connectivity index (χ4v) is 3.49. The molecule has 0 N–H and O–H groups in total. The largest absolute Gasteiger partial charge is 0.494 e. The number of rotatable bonds is 7. The first kappa shape index (κ1) is 21.3. The van der Waals surface area contributed by atoms with Crippen LogP contribution in [0.2, 0.25) is 0 Å². The topological polar surface area (TPSA) is 99.0 Å². The quantitative estimate of drug-likeness (QED) is 0.294. The van der Waals surface area contributed by atoms with E-state index in [9.17, 15) is 19.7 Å². The number of methoxy groups -OCH3 is 1. The molecule has 0 radical (unpaired) electrons. The molecule has 0 aromatic heterocycles. The molecular formula is C22H24N2O6. The molecule has 1 heterocycles. The van der Waals surface area contributed by atoms with Crippen molar-refractivity contribution in [2.75, 3.05) is 18.6 Å². The number of para-hydroxylation sites is 1. The summed E-state index contributed by atoms with van der Waals surface area (Å²) in [5, 5.41) is 11.0. The summed E-state index contributed by atoms with van der Waals surface area (Å²) < 4.78 is 10.9. The second kappa shape index (κ2) is 8.94. The Hall–Kier alpha value is -3.42. The van der Waals surface area contributed by atoms with Crippen molar-refractivity contribution in [3.63, 3.8) is 0 Å². The number of amides is 1. The third-order valence-electron chi connectivity index (χ3n) is 5.40. The van der Waals surface area contributed by atoms with E-state index in [-0.39, 0.29) is 36.2 Å². The second-order valence-corrected chi connectivity index (χ2v) is 7.29. The number of non-ortho nitro benzene ring substituents is 1. The van der Waals surface area contributed by atoms with Crippen molar-refractivity contribution in [3.05, 3.63) is 58.1 Å². The van der Waals surface area contributed by atoms with Crippen LogP contribution in [-0.2, 0) is 9.59 Å². The fourth-order valence-electron chi connectivity index (χ4n) is 3.49. The lowest BCUT2D eigenvalue weighted by molar-refractivity contribution is -0.384. The maximum Gasteiger partial charge on any atom is 0.316 e. The molecule has 0 unspecified atom stereocenters. The molecule has 2 aromatic rings. The summed E-state index contributed by atoms with van der Waals surface area (Å²) in [7, 11) is 1.38. The summed E-state index contributed by atoms with van der Waals surface area (Å²) in [5.41, 5.74) is 1.20. The van der Waals surface area contributed by atoms with E-state index in [1.54, 1.807) is 6.07 Å². The van der Waals surface area contributed by atoms with E-state index in [0.29, 0.717) is 11.4 Å². The van der Waals surface area contributed by atoms with Gasteiger partial charge in [0.25, 0.3) is 5.69 Å². The first-order chi connectivity index (χ1) is 14.3. The van der Waals surface area contributed by atoms with Crippen LogP contribution in [0.4, 0.5) is 11.4 Å². The number of nitro benzene ring substituents is 1. The minimum absolute atomic E-state index is 0.00444. The predicted molar refractivity (Wildman–Crippen MR) is 111 cm³/mol. The molecule has 1 aliphatic heterocycles. The lowest BCUT2D eigenvalue weighted by Crippen LogP contribution is -2.27. The monoisotopic (exact) mass is 412 g/mol. The molecule has 0 saturated carbocycles. The highest BCUT2D eigenvalue weighted by molar-refractivity contribution is 6.01. The summed E-state index contributed by atoms with van der Waals surface area (Å²) in [4.78, 5) is 37.2. The van der Waals surface area contributed by atoms with Gasteiger partial charge in [0, 0.05) is 19.0 Å². The molecule has 8 nitrogen and oxygen atoms in total. The zero-order valence-electron chi connectivity index (χ0n) is 17.2. The number of hydrogen-bond acceptors (Lipinski definition) is 6. The van der Waals surface area contributed by atoms with E-state index in [4.69, 9.17) is 9.47 Å². The van der Waals surface area contributed by atoms with Crippen molar-refractivity contribution in [2.24, 2.45) is 5.92 Å². The van der Waals surface area contributed by atoms with Crippen LogP contribution < -0.4 is 14.4 Å². The minimum atomic E-state index is -0.637. The number of ether oxygens (including phenoxy) is 2. The van der Waals surface area contributed by atoms with Gasteiger partial charge in [0.15, 0.2) is 0 Å². The molecule has 3 rings (SSSR count). The van der Waals surface area contributed by atoms with Crippen molar-refractivity contribution in [1.82, 2.24) is 0 Å². The van der Waals surface area contributed by atoms with Gasteiger partial charge in [-0.05, 0) is 30.0 Å². The van der Waals surface area contributed by atoms with Gasteiger partial charge in [-0.2, -0.15) is 0 Å². The van der Waals surface area contributed by atoms with Crippen molar-refractivity contribution < 1.29 is 24.0 Å². The van der Waals surface area contributed by atoms with Gasteiger partial charge in [-0.25, -0.2) is 0 Å². The van der Waals surface area contributed by atoms with E-state index in [1.165, 1.54) is 30.2 Å². The van der Waals surface area contributed by atoms with Crippen LogP contribution in [0.25, 0.3) is 0 Å². The number of benzene rings is 2. The summed E-state index contributed by atoms with van der Waals surface area (Å²) in [6, 6.07) is 11.4. The molecule has 2 atom stereocenters. The van der Waals surface area contributed by atoms with Crippen LogP contribution in [0.5, 0.6) is 11.5 Å². The lowest BCUT2D eigenvalue weighted by atomic mass is 9.98. The normalized spacial score (nSPS) is 17.0. The minimum Gasteiger partial charge on any atom is -0.494 e. The lowest BCUT2D eigenvalue weighted by Gasteiger charge is -2.19. The number of carbonyl (C=O) groups is 2. The molecule has 1 aliphatic rings. The van der Waals surface area contributed by atoms with Gasteiger partial charge >= 0.3 is 5.97 Å². The van der Waals surface area contributed by atoms with E-state index in [1.807, 2.05) is 18.2 Å². The van der Waals surface area contributed by atoms with Crippen LogP contribution in [0.15, 0.2) is 42.5 Å². The van der Waals surface area contributed by atoms with Crippen molar-refractivity contribution >= 4 is 23.3 Å². The maximum absolute atomic E-state index is 12.8. The molecule has 2 aromatic carbocycles. The molecule has 1 saturated heterocycles. The maximum atomic E-state index is 12.8. The van der Waals surface area contributed by atoms with Crippen LogP contribution in [0, 0.1) is 16.0 Å². The van der Waals surface area contributed by atoms with E-state index in [2.05, 4.69) is 13.8 Å². The van der Waals surface area contributed by atoms with Gasteiger partial charge in [-0.15, -0.1) is 0 Å². The summed E-state index contributed by atoms with van der Waals surface area (Å²) in [5.74, 6) is -0.423. The predicted octanol–water partition coefficient (Wildman–Crippen LogP) is 4.08. The molecule has 0 bridgehead atoms. The van der Waals surface area contributed by atoms with Gasteiger partial charge in [-0.1, -0.05) is 32.0 Å². The molecule has 8 heteroatoms. The van der Waals surface area contributed by atoms with Crippen molar-refractivity contribution in [1.29, 1.82) is 0 Å². The van der Waals surface area contributed by atoms with Gasteiger partial charge in [0.1, 0.15) is 11.5 Å². The molecular weight excluding hydrogens is 388 g/mol. The fraction of sp³-hybridized carbons (Fsp3) is 0.364. The van der Waals surface area contributed by atoms with Crippen LogP contribution in [-0.4, -0.2) is 30.5 Å². The Balaban J connectivity index is 1.78. The highest BCUT2D eigenvalue weighted by Gasteiger charge is 2.38. The van der Waals surface area contributed by atoms with Crippen molar-refractivity contribution in [2.45, 2.75) is 32.6 Å². The summed E-state index contributed by atoms with van der Waals surface area (Å²) in [6.07, 6.45) is 0.911. The summed E-state index contributed by atoms with van der Waals surface area (Å²) >= 11 is 0. The van der Waals surface area contributed by atoms with E-state index < -0.39 is 16.8 Å². The third-order valence-corrected chi connectivity index (χ3v) is 5.40. The highest BCUT2D eigenvalue weighted by atomic mass is 16.6. The van der Waals surface area contributed by atoms with Crippen molar-refractivity contribution in [3.8, 4) is 11.5 Å². The highest BCUT2D eigenvalue weighted by Crippen LogP contribution is 2.36. The van der Waals surface area contributed by atoms with E-state index in [0.717, 1.165) is 12.0 Å². The second-order valence-electron chi connectivity index (χ2n) is 7.29. The Kier molecular flexibility index (Phi) is 6.34. The van der Waals surface area contributed by atoms with Crippen LogP contribution >= 0.6 is 0 Å². The SMILES string of the molecule is CC[C@@H](C)c1ccccc1OC(=O)[C@@H]1CC(=O)N(c2ccc([N+](=O)[O-])cc2OC)C1. The zero-order chi connectivity index (χ0) is 21.8. The molecule has 0 spiro atoms. The number of hydrogen-bond donors (Lipinski definition) is 0. The number of nitrogens with zero attached hydrogens (tertiary/aromatic N) is 2. The average Bonchev–Trinajstić information content (AvgIpc) is 3.14. The van der Waals surface area contributed by atoms with E-state index >= 15 is 0 Å². The van der Waals surface area contributed by atoms with Crippen LogP contribution in [0.3, 0.4) is 0 Å². The van der Waals surface area contributed by atoms with Gasteiger partial charge < -0.3 is 14.4 Å². The average molecular weight is 412 g/mol. The Morgan fingerprint density at radius 2 is 2.00 bits per heavy atom. The molecule has 1 fully saturated rings. The first-order valence-electron chi connectivity index (χ1n) is 9.79. The third kappa shape index (κ3) is 4.27. The Bertz CT molecular complexity index is 974. The Morgan fingerprint density at radius 3 is 2.67 bits per heavy atom. The Morgan fingerprint density at radius 1 is 1.27 bits per heavy atom. The zero-order valence-corrected chi connectivity index (χ0v) is 17.2. The van der Waals surface area contributed by atoms with Gasteiger partial charge in [0.2, 0.25) is 5.91 Å². The number of esters is 1. The molecule has 30 heavy (non-hydrogen) atoms. The van der Waals surface area contributed by atoms with Crippen LogP contribution in [0.1, 0.15) is 38.2 Å². The number of nitro groups is 1. The number of carbonyl (C=O) groups excluding carboxylic acids is 2. The van der Waals surface area contributed by atoms with Gasteiger partial charge in [-0.3, -0.25) is 19.7 Å². The smallest absolute Gasteiger partial charge is 0.316 e.